The number of fused-ring (bicyclic) bond motifs is 1. The SMILES string of the molecule is Cc1cccc(C)c1CNC(=O)[C@H]1N(C(=O)[C@@H](O)[C@H](Cc2ccccc2)NC(=O)O[C@@H]2CO[C@@H]3OCCC[C@@H]32)CSC1(C)C. The second kappa shape index (κ2) is 13.9. The van der Waals surface area contributed by atoms with Gasteiger partial charge in [0.15, 0.2) is 12.4 Å². The molecule has 44 heavy (non-hydrogen) atoms. The number of aliphatic hydroxyl groups is 1. The van der Waals surface area contributed by atoms with Crippen molar-refractivity contribution in [2.75, 3.05) is 19.1 Å². The molecule has 3 aliphatic heterocycles. The largest absolute Gasteiger partial charge is 0.443 e. The lowest BCUT2D eigenvalue weighted by atomic mass is 9.96. The van der Waals surface area contributed by atoms with Crippen LogP contribution in [0.4, 0.5) is 4.79 Å². The van der Waals surface area contributed by atoms with E-state index < -0.39 is 41.0 Å². The Bertz CT molecular complexity index is 1320. The number of ether oxygens (including phenoxy) is 3. The van der Waals surface area contributed by atoms with E-state index in [0.717, 1.165) is 35.1 Å². The summed E-state index contributed by atoms with van der Waals surface area (Å²) >= 11 is 1.47. The standard InChI is InChI=1S/C33H43N3O7S/c1-20-10-8-11-21(2)24(20)17-34-29(38)28-33(3,4)44-19-36(28)30(39)27(37)25(16-22-12-6-5-7-13-22)35-32(40)43-26-18-42-31-23(26)14-9-15-41-31/h5-8,10-13,23,25-28,31,37H,9,14-19H2,1-4H3,(H,34,38)(H,35,40)/t23-,25+,26-,27+,28-,31+/m1/s1. The number of nitrogens with one attached hydrogen (secondary N) is 2. The normalized spacial score (nSPS) is 25.5. The summed E-state index contributed by atoms with van der Waals surface area (Å²) < 4.78 is 16.4. The lowest BCUT2D eigenvalue weighted by molar-refractivity contribution is -0.152. The third-order valence-corrected chi connectivity index (χ3v) is 10.2. The van der Waals surface area contributed by atoms with Crippen LogP contribution < -0.4 is 10.6 Å². The van der Waals surface area contributed by atoms with Crippen molar-refractivity contribution < 1.29 is 33.7 Å². The Labute approximate surface area is 263 Å². The number of benzene rings is 2. The average molecular weight is 626 g/mol. The third kappa shape index (κ3) is 7.22. The highest BCUT2D eigenvalue weighted by molar-refractivity contribution is 8.00. The predicted molar refractivity (Wildman–Crippen MR) is 167 cm³/mol. The van der Waals surface area contributed by atoms with E-state index >= 15 is 0 Å². The molecule has 0 saturated carbocycles. The average Bonchev–Trinajstić information content (AvgIpc) is 3.55. The molecule has 0 spiro atoms. The number of hydrogen-bond donors (Lipinski definition) is 3. The molecular formula is C33H43N3O7S. The van der Waals surface area contributed by atoms with Crippen molar-refractivity contribution in [3.8, 4) is 0 Å². The maximum Gasteiger partial charge on any atom is 0.407 e. The molecule has 2 aromatic rings. The van der Waals surface area contributed by atoms with E-state index in [9.17, 15) is 19.5 Å². The summed E-state index contributed by atoms with van der Waals surface area (Å²) in [5, 5.41) is 17.3. The summed E-state index contributed by atoms with van der Waals surface area (Å²) in [6, 6.07) is 13.5. The molecule has 5 rings (SSSR count). The highest BCUT2D eigenvalue weighted by Crippen LogP contribution is 2.40. The van der Waals surface area contributed by atoms with Crippen LogP contribution in [0.3, 0.4) is 0 Å². The number of thioether (sulfide) groups is 1. The first-order chi connectivity index (χ1) is 21.0. The first-order valence-corrected chi connectivity index (χ1v) is 16.2. The van der Waals surface area contributed by atoms with Crippen LogP contribution in [0.25, 0.3) is 0 Å². The van der Waals surface area contributed by atoms with Crippen LogP contribution in [0.15, 0.2) is 48.5 Å². The molecule has 10 nitrogen and oxygen atoms in total. The number of nitrogens with zero attached hydrogens (tertiary/aromatic N) is 1. The quantitative estimate of drug-likeness (QED) is 0.387. The molecule has 6 atom stereocenters. The number of hydrogen-bond acceptors (Lipinski definition) is 8. The second-order valence-electron chi connectivity index (χ2n) is 12.4. The minimum atomic E-state index is -1.61. The van der Waals surface area contributed by atoms with Crippen molar-refractivity contribution in [1.82, 2.24) is 15.5 Å². The number of aryl methyl sites for hydroxylation is 2. The lowest BCUT2D eigenvalue weighted by Crippen LogP contribution is -2.58. The number of carbonyl (C=O) groups is 3. The Morgan fingerprint density at radius 1 is 1.09 bits per heavy atom. The zero-order valence-corrected chi connectivity index (χ0v) is 26.6. The van der Waals surface area contributed by atoms with E-state index in [-0.39, 0.29) is 37.0 Å². The monoisotopic (exact) mass is 625 g/mol. The Balaban J connectivity index is 1.29. The number of aliphatic hydroxyl groups excluding tert-OH is 1. The lowest BCUT2D eigenvalue weighted by Gasteiger charge is -2.33. The van der Waals surface area contributed by atoms with Gasteiger partial charge in [0, 0.05) is 23.8 Å². The summed E-state index contributed by atoms with van der Waals surface area (Å²) in [6.45, 7) is 9.02. The molecule has 3 aliphatic rings. The van der Waals surface area contributed by atoms with Crippen molar-refractivity contribution in [2.45, 2.75) is 88.8 Å². The Morgan fingerprint density at radius 2 is 1.82 bits per heavy atom. The van der Waals surface area contributed by atoms with Gasteiger partial charge in [0.05, 0.1) is 18.5 Å². The predicted octanol–water partition coefficient (Wildman–Crippen LogP) is 3.45. The van der Waals surface area contributed by atoms with Crippen molar-refractivity contribution in [3.05, 3.63) is 70.8 Å². The van der Waals surface area contributed by atoms with Gasteiger partial charge in [0.25, 0.3) is 5.91 Å². The van der Waals surface area contributed by atoms with Crippen LogP contribution in [0.1, 0.15) is 48.9 Å². The molecule has 3 N–H and O–H groups in total. The van der Waals surface area contributed by atoms with Gasteiger partial charge in [-0.3, -0.25) is 9.59 Å². The Kier molecular flexibility index (Phi) is 10.2. The fraction of sp³-hybridized carbons (Fsp3) is 0.545. The maximum atomic E-state index is 13.9. The molecule has 238 valence electrons. The van der Waals surface area contributed by atoms with Gasteiger partial charge in [-0.1, -0.05) is 48.5 Å². The van der Waals surface area contributed by atoms with E-state index in [1.165, 1.54) is 16.7 Å². The summed E-state index contributed by atoms with van der Waals surface area (Å²) in [6.07, 6.45) is -1.35. The topological polar surface area (TPSA) is 126 Å². The number of carbonyl (C=O) groups excluding carboxylic acids is 3. The van der Waals surface area contributed by atoms with Gasteiger partial charge in [-0.15, -0.1) is 11.8 Å². The number of rotatable bonds is 9. The van der Waals surface area contributed by atoms with Gasteiger partial charge in [0.2, 0.25) is 5.91 Å². The molecule has 3 fully saturated rings. The first kappa shape index (κ1) is 32.3. The van der Waals surface area contributed by atoms with Crippen LogP contribution >= 0.6 is 11.8 Å². The molecule has 0 aromatic heterocycles. The minimum Gasteiger partial charge on any atom is -0.443 e. The van der Waals surface area contributed by atoms with Gasteiger partial charge in [-0.2, -0.15) is 0 Å². The second-order valence-corrected chi connectivity index (χ2v) is 14.0. The highest BCUT2D eigenvalue weighted by Gasteiger charge is 2.50. The summed E-state index contributed by atoms with van der Waals surface area (Å²) in [4.78, 5) is 42.1. The summed E-state index contributed by atoms with van der Waals surface area (Å²) in [7, 11) is 0. The van der Waals surface area contributed by atoms with Crippen molar-refractivity contribution in [3.63, 3.8) is 0 Å². The maximum absolute atomic E-state index is 13.9. The van der Waals surface area contributed by atoms with Gasteiger partial charge < -0.3 is 34.9 Å². The molecule has 0 aliphatic carbocycles. The van der Waals surface area contributed by atoms with Crippen LogP contribution in [-0.4, -0.2) is 82.3 Å². The van der Waals surface area contributed by atoms with E-state index in [2.05, 4.69) is 10.6 Å². The Morgan fingerprint density at radius 3 is 2.55 bits per heavy atom. The zero-order chi connectivity index (χ0) is 31.4. The van der Waals surface area contributed by atoms with E-state index in [0.29, 0.717) is 13.2 Å². The Hall–Kier alpha value is -3.12. The van der Waals surface area contributed by atoms with Crippen molar-refractivity contribution in [2.24, 2.45) is 5.92 Å². The summed E-state index contributed by atoms with van der Waals surface area (Å²) in [5.74, 6) is -0.739. The molecule has 0 unspecified atom stereocenters. The van der Waals surface area contributed by atoms with Crippen molar-refractivity contribution >= 4 is 29.7 Å². The molecule has 0 radical (unpaired) electrons. The number of amides is 3. The molecule has 3 saturated heterocycles. The van der Waals surface area contributed by atoms with E-state index in [1.54, 1.807) is 0 Å². The van der Waals surface area contributed by atoms with Gasteiger partial charge >= 0.3 is 6.09 Å². The van der Waals surface area contributed by atoms with Crippen LogP contribution in [-0.2, 0) is 36.8 Å². The molecule has 2 aromatic carbocycles. The minimum absolute atomic E-state index is 0.0554. The molecule has 3 heterocycles. The van der Waals surface area contributed by atoms with Crippen LogP contribution in [0.5, 0.6) is 0 Å². The van der Waals surface area contributed by atoms with Gasteiger partial charge in [-0.05, 0) is 69.2 Å². The fourth-order valence-corrected chi connectivity index (χ4v) is 7.47. The third-order valence-electron chi connectivity index (χ3n) is 8.87. The highest BCUT2D eigenvalue weighted by atomic mass is 32.2. The van der Waals surface area contributed by atoms with Gasteiger partial charge in [-0.25, -0.2) is 4.79 Å². The van der Waals surface area contributed by atoms with E-state index in [4.69, 9.17) is 14.2 Å². The molecule has 11 heteroatoms. The molecule has 3 amide bonds. The molecular weight excluding hydrogens is 582 g/mol. The van der Waals surface area contributed by atoms with Crippen LogP contribution in [0.2, 0.25) is 0 Å². The smallest absolute Gasteiger partial charge is 0.407 e. The van der Waals surface area contributed by atoms with Gasteiger partial charge in [0.1, 0.15) is 12.1 Å². The molecule has 0 bridgehead atoms. The zero-order valence-electron chi connectivity index (χ0n) is 25.8. The first-order valence-electron chi connectivity index (χ1n) is 15.2. The summed E-state index contributed by atoms with van der Waals surface area (Å²) in [5.41, 5.74) is 4.01. The van der Waals surface area contributed by atoms with Crippen LogP contribution in [0, 0.1) is 19.8 Å². The van der Waals surface area contributed by atoms with E-state index in [1.807, 2.05) is 76.2 Å². The van der Waals surface area contributed by atoms with Crippen molar-refractivity contribution in [1.29, 1.82) is 0 Å². The number of alkyl carbamates (subject to hydrolysis) is 1. The fourth-order valence-electron chi connectivity index (χ4n) is 6.33.